The second-order valence-electron chi connectivity index (χ2n) is 2.79. The Morgan fingerprint density at radius 1 is 1.36 bits per heavy atom. The molecule has 1 heterocycles. The zero-order chi connectivity index (χ0) is 10.7. The number of nitrogens with one attached hydrogen (secondary N) is 2. The van der Waals surface area contributed by atoms with E-state index in [1.807, 2.05) is 4.98 Å². The summed E-state index contributed by atoms with van der Waals surface area (Å²) in [5, 5.41) is 0. The molecule has 76 valence electrons. The highest BCUT2D eigenvalue weighted by molar-refractivity contribution is 5.65. The van der Waals surface area contributed by atoms with Crippen LogP contribution in [0.4, 0.5) is 0 Å². The monoisotopic (exact) mass is 198 g/mol. The van der Waals surface area contributed by atoms with Crippen molar-refractivity contribution in [2.45, 2.75) is 20.5 Å². The number of rotatable bonds is 2. The van der Waals surface area contributed by atoms with Crippen LogP contribution in [-0.4, -0.2) is 15.9 Å². The van der Waals surface area contributed by atoms with Gasteiger partial charge in [-0.05, 0) is 6.92 Å². The summed E-state index contributed by atoms with van der Waals surface area (Å²) in [5.41, 5.74) is -0.452. The van der Waals surface area contributed by atoms with Gasteiger partial charge in [0, 0.05) is 12.6 Å². The van der Waals surface area contributed by atoms with Gasteiger partial charge < -0.3 is 9.72 Å². The number of H-pyrrole nitrogens is 2. The first kappa shape index (κ1) is 10.2. The average Bonchev–Trinajstić information content (AvgIpc) is 2.01. The zero-order valence-electron chi connectivity index (χ0n) is 7.84. The summed E-state index contributed by atoms with van der Waals surface area (Å²) >= 11 is 0. The minimum Gasteiger partial charge on any atom is -0.461 e. The normalized spacial score (nSPS) is 9.86. The lowest BCUT2D eigenvalue weighted by molar-refractivity contribution is -0.142. The Morgan fingerprint density at radius 2 is 2.00 bits per heavy atom. The van der Waals surface area contributed by atoms with Crippen molar-refractivity contribution in [3.05, 3.63) is 32.1 Å². The van der Waals surface area contributed by atoms with E-state index >= 15 is 0 Å². The van der Waals surface area contributed by atoms with Crippen molar-refractivity contribution >= 4 is 5.97 Å². The van der Waals surface area contributed by atoms with E-state index in [0.717, 1.165) is 0 Å². The molecule has 0 aromatic carbocycles. The Labute approximate surface area is 78.9 Å². The van der Waals surface area contributed by atoms with Crippen LogP contribution >= 0.6 is 0 Å². The summed E-state index contributed by atoms with van der Waals surface area (Å²) in [5.74, 6) is -0.477. The maximum atomic E-state index is 11.2. The van der Waals surface area contributed by atoms with Crippen LogP contribution in [0, 0.1) is 6.92 Å². The number of carbonyl (C=O) groups excluding carboxylic acids is 1. The van der Waals surface area contributed by atoms with Crippen molar-refractivity contribution in [2.24, 2.45) is 0 Å². The number of esters is 1. The molecule has 0 saturated carbocycles. The number of aryl methyl sites for hydroxylation is 1. The van der Waals surface area contributed by atoms with Crippen LogP contribution in [0.25, 0.3) is 0 Å². The number of hydrogen-bond acceptors (Lipinski definition) is 4. The van der Waals surface area contributed by atoms with E-state index in [4.69, 9.17) is 0 Å². The van der Waals surface area contributed by atoms with Crippen LogP contribution in [-0.2, 0) is 16.1 Å². The third kappa shape index (κ3) is 2.32. The summed E-state index contributed by atoms with van der Waals surface area (Å²) in [6, 6.07) is 0. The first-order chi connectivity index (χ1) is 6.50. The molecule has 0 bridgehead atoms. The molecule has 0 amide bonds. The third-order valence-electron chi connectivity index (χ3n) is 1.67. The molecule has 0 radical (unpaired) electrons. The van der Waals surface area contributed by atoms with E-state index in [-0.39, 0.29) is 12.2 Å². The van der Waals surface area contributed by atoms with Crippen molar-refractivity contribution in [2.75, 3.05) is 0 Å². The van der Waals surface area contributed by atoms with Crippen molar-refractivity contribution in [3.63, 3.8) is 0 Å². The molecule has 2 N–H and O–H groups in total. The highest BCUT2D eigenvalue weighted by Crippen LogP contribution is 1.97. The predicted molar refractivity (Wildman–Crippen MR) is 47.9 cm³/mol. The maximum absolute atomic E-state index is 11.2. The Hall–Kier alpha value is -1.85. The average molecular weight is 198 g/mol. The molecule has 14 heavy (non-hydrogen) atoms. The Balaban J connectivity index is 3.03. The Morgan fingerprint density at radius 3 is 2.50 bits per heavy atom. The van der Waals surface area contributed by atoms with Gasteiger partial charge in [-0.15, -0.1) is 0 Å². The number of aromatic nitrogens is 2. The minimum atomic E-state index is -0.570. The Bertz CT molecular complexity index is 457. The zero-order valence-corrected chi connectivity index (χ0v) is 7.84. The molecule has 0 fully saturated rings. The maximum Gasteiger partial charge on any atom is 0.325 e. The number of ether oxygens (including phenoxy) is 1. The molecular weight excluding hydrogens is 188 g/mol. The van der Waals surface area contributed by atoms with E-state index < -0.39 is 17.2 Å². The molecule has 6 heteroatoms. The predicted octanol–water partition coefficient (Wildman–Crippen LogP) is -0.565. The van der Waals surface area contributed by atoms with Gasteiger partial charge in [0.25, 0.3) is 5.56 Å². The molecule has 0 saturated heterocycles. The van der Waals surface area contributed by atoms with Gasteiger partial charge in [-0.1, -0.05) is 0 Å². The second kappa shape index (κ2) is 3.91. The lowest BCUT2D eigenvalue weighted by Gasteiger charge is -2.03. The smallest absolute Gasteiger partial charge is 0.325 e. The molecule has 0 aliphatic heterocycles. The molecule has 0 aliphatic carbocycles. The molecule has 0 aliphatic rings. The van der Waals surface area contributed by atoms with Gasteiger partial charge in [0.15, 0.2) is 0 Å². The minimum absolute atomic E-state index is 0.132. The lowest BCUT2D eigenvalue weighted by Crippen LogP contribution is -2.27. The molecule has 1 rings (SSSR count). The Kier molecular flexibility index (Phi) is 2.85. The van der Waals surface area contributed by atoms with E-state index in [9.17, 15) is 14.4 Å². The van der Waals surface area contributed by atoms with Gasteiger partial charge >= 0.3 is 11.7 Å². The topological polar surface area (TPSA) is 92.0 Å². The van der Waals surface area contributed by atoms with Crippen molar-refractivity contribution in [3.8, 4) is 0 Å². The summed E-state index contributed by atoms with van der Waals surface area (Å²) in [6.45, 7) is 2.68. The van der Waals surface area contributed by atoms with Crippen LogP contribution in [0.3, 0.4) is 0 Å². The molecular formula is C8H10N2O4. The standard InChI is InChI=1S/C8H10N2O4/c1-4-6(3-14-5(2)11)7(12)10-8(13)9-4/h3H2,1-2H3,(H2,9,10,12,13). The number of carbonyl (C=O) groups is 1. The number of hydrogen-bond donors (Lipinski definition) is 2. The van der Waals surface area contributed by atoms with Crippen LogP contribution in [0.1, 0.15) is 18.2 Å². The molecule has 6 nitrogen and oxygen atoms in total. The summed E-state index contributed by atoms with van der Waals surface area (Å²) < 4.78 is 4.65. The van der Waals surface area contributed by atoms with Gasteiger partial charge in [0.2, 0.25) is 0 Å². The fourth-order valence-electron chi connectivity index (χ4n) is 0.973. The van der Waals surface area contributed by atoms with Gasteiger partial charge in [-0.2, -0.15) is 0 Å². The highest BCUT2D eigenvalue weighted by atomic mass is 16.5. The molecule has 0 atom stereocenters. The van der Waals surface area contributed by atoms with E-state index in [0.29, 0.717) is 5.69 Å². The van der Waals surface area contributed by atoms with Crippen LogP contribution in [0.2, 0.25) is 0 Å². The number of aromatic amines is 2. The fraction of sp³-hybridized carbons (Fsp3) is 0.375. The van der Waals surface area contributed by atoms with E-state index in [1.165, 1.54) is 6.92 Å². The molecule has 1 aromatic rings. The quantitative estimate of drug-likeness (QED) is 0.623. The first-order valence-corrected chi connectivity index (χ1v) is 3.96. The van der Waals surface area contributed by atoms with Gasteiger partial charge in [0.1, 0.15) is 6.61 Å². The highest BCUT2D eigenvalue weighted by Gasteiger charge is 2.06. The van der Waals surface area contributed by atoms with Crippen LogP contribution in [0.15, 0.2) is 9.59 Å². The van der Waals surface area contributed by atoms with Crippen LogP contribution < -0.4 is 11.2 Å². The first-order valence-electron chi connectivity index (χ1n) is 3.96. The van der Waals surface area contributed by atoms with Gasteiger partial charge in [0.05, 0.1) is 5.56 Å². The second-order valence-corrected chi connectivity index (χ2v) is 2.79. The third-order valence-corrected chi connectivity index (χ3v) is 1.67. The molecule has 1 aromatic heterocycles. The van der Waals surface area contributed by atoms with Crippen LogP contribution in [0.5, 0.6) is 0 Å². The van der Waals surface area contributed by atoms with Crippen molar-refractivity contribution in [1.29, 1.82) is 0 Å². The molecule has 0 unspecified atom stereocenters. The van der Waals surface area contributed by atoms with Crippen molar-refractivity contribution in [1.82, 2.24) is 9.97 Å². The van der Waals surface area contributed by atoms with E-state index in [2.05, 4.69) is 9.72 Å². The van der Waals surface area contributed by atoms with Gasteiger partial charge in [-0.25, -0.2) is 4.79 Å². The lowest BCUT2D eigenvalue weighted by atomic mass is 10.2. The summed E-state index contributed by atoms with van der Waals surface area (Å²) in [6.07, 6.45) is 0. The van der Waals surface area contributed by atoms with Gasteiger partial charge in [-0.3, -0.25) is 14.6 Å². The van der Waals surface area contributed by atoms with E-state index in [1.54, 1.807) is 6.92 Å². The van der Waals surface area contributed by atoms with Crippen molar-refractivity contribution < 1.29 is 9.53 Å². The fourth-order valence-corrected chi connectivity index (χ4v) is 0.973. The molecule has 0 spiro atoms. The summed E-state index contributed by atoms with van der Waals surface area (Å²) in [4.78, 5) is 36.9. The summed E-state index contributed by atoms with van der Waals surface area (Å²) in [7, 11) is 0. The largest absolute Gasteiger partial charge is 0.461 e. The SMILES string of the molecule is CC(=O)OCc1c(C)[nH]c(=O)[nH]c1=O.